The molecular weight excluding hydrogens is 160 g/mol. The minimum Gasteiger partial charge on any atom is -0.326 e. The van der Waals surface area contributed by atoms with E-state index in [4.69, 9.17) is 11.5 Å². The van der Waals surface area contributed by atoms with Crippen LogP contribution in [0.5, 0.6) is 0 Å². The first-order valence-electron chi connectivity index (χ1n) is 4.76. The highest BCUT2D eigenvalue weighted by Crippen LogP contribution is 2.02. The van der Waals surface area contributed by atoms with Gasteiger partial charge < -0.3 is 11.5 Å². The number of rotatable bonds is 2. The summed E-state index contributed by atoms with van der Waals surface area (Å²) in [5, 5.41) is 0. The van der Waals surface area contributed by atoms with Gasteiger partial charge in [0.25, 0.3) is 0 Å². The maximum absolute atomic E-state index is 5.43. The number of nitrogens with two attached hydrogens (primary N) is 2. The van der Waals surface area contributed by atoms with Gasteiger partial charge in [0.2, 0.25) is 0 Å². The predicted molar refractivity (Wildman–Crippen MR) is 58.2 cm³/mol. The molecule has 0 bridgehead atoms. The average Bonchev–Trinajstić information content (AvgIpc) is 2.19. The van der Waals surface area contributed by atoms with Crippen molar-refractivity contribution in [2.24, 2.45) is 11.5 Å². The van der Waals surface area contributed by atoms with Crippen LogP contribution in [-0.4, -0.2) is 0 Å². The third kappa shape index (κ3) is 5.39. The van der Waals surface area contributed by atoms with Gasteiger partial charge in [0.15, 0.2) is 0 Å². The molecule has 1 aromatic rings. The van der Waals surface area contributed by atoms with Crippen molar-refractivity contribution in [3.05, 3.63) is 35.4 Å². The van der Waals surface area contributed by atoms with E-state index in [9.17, 15) is 0 Å². The highest BCUT2D eigenvalue weighted by atomic mass is 14.5. The molecule has 74 valence electrons. The fourth-order valence-electron chi connectivity index (χ4n) is 0.884. The Hall–Kier alpha value is -0.860. The highest BCUT2D eigenvalue weighted by molar-refractivity contribution is 5.22. The average molecular weight is 180 g/mol. The van der Waals surface area contributed by atoms with Gasteiger partial charge in [0.05, 0.1) is 0 Å². The van der Waals surface area contributed by atoms with Crippen molar-refractivity contribution in [1.29, 1.82) is 0 Å². The van der Waals surface area contributed by atoms with E-state index >= 15 is 0 Å². The fourth-order valence-corrected chi connectivity index (χ4v) is 0.884. The molecule has 0 unspecified atom stereocenters. The summed E-state index contributed by atoms with van der Waals surface area (Å²) in [5.41, 5.74) is 13.1. The lowest BCUT2D eigenvalue weighted by Gasteiger charge is -1.98. The van der Waals surface area contributed by atoms with Gasteiger partial charge in [-0.1, -0.05) is 44.5 Å². The topological polar surface area (TPSA) is 52.0 Å². The third-order valence-electron chi connectivity index (χ3n) is 1.46. The minimum atomic E-state index is 0.591. The standard InChI is InChI=1S/C8H12N2.C3H8/c9-5-7-2-1-3-8(4-7)6-10;1-3-2/h1-4H,5-6,9-10H2;3H2,1-2H3. The maximum atomic E-state index is 5.43. The van der Waals surface area contributed by atoms with Crippen LogP contribution in [0.1, 0.15) is 31.4 Å². The number of hydrogen-bond acceptors (Lipinski definition) is 2. The zero-order valence-electron chi connectivity index (χ0n) is 8.59. The van der Waals surface area contributed by atoms with Gasteiger partial charge in [0.1, 0.15) is 0 Å². The Morgan fingerprint density at radius 2 is 1.38 bits per heavy atom. The molecule has 0 saturated heterocycles. The van der Waals surface area contributed by atoms with Crippen LogP contribution in [-0.2, 0) is 13.1 Å². The Morgan fingerprint density at radius 1 is 1.00 bits per heavy atom. The molecule has 0 atom stereocenters. The fraction of sp³-hybridized carbons (Fsp3) is 0.455. The molecule has 0 aromatic heterocycles. The Balaban J connectivity index is 0.000000424. The molecule has 0 amide bonds. The summed E-state index contributed by atoms with van der Waals surface area (Å²) in [5.74, 6) is 0. The summed E-state index contributed by atoms with van der Waals surface area (Å²) in [6, 6.07) is 8.00. The Morgan fingerprint density at radius 3 is 1.69 bits per heavy atom. The van der Waals surface area contributed by atoms with Crippen LogP contribution in [0, 0.1) is 0 Å². The molecule has 0 aliphatic carbocycles. The lowest BCUT2D eigenvalue weighted by atomic mass is 10.1. The second kappa shape index (κ2) is 7.77. The van der Waals surface area contributed by atoms with E-state index in [1.165, 1.54) is 6.42 Å². The van der Waals surface area contributed by atoms with Crippen molar-refractivity contribution in [2.45, 2.75) is 33.4 Å². The van der Waals surface area contributed by atoms with Crippen LogP contribution in [0.2, 0.25) is 0 Å². The molecule has 2 heteroatoms. The zero-order chi connectivity index (χ0) is 10.1. The van der Waals surface area contributed by atoms with Gasteiger partial charge in [-0.25, -0.2) is 0 Å². The van der Waals surface area contributed by atoms with E-state index in [0.29, 0.717) is 13.1 Å². The van der Waals surface area contributed by atoms with Gasteiger partial charge in [-0.15, -0.1) is 0 Å². The summed E-state index contributed by atoms with van der Waals surface area (Å²) in [6.07, 6.45) is 1.25. The van der Waals surface area contributed by atoms with Crippen LogP contribution < -0.4 is 11.5 Å². The largest absolute Gasteiger partial charge is 0.326 e. The quantitative estimate of drug-likeness (QED) is 0.731. The molecule has 1 rings (SSSR count). The molecule has 0 saturated carbocycles. The van der Waals surface area contributed by atoms with Crippen molar-refractivity contribution in [3.63, 3.8) is 0 Å². The van der Waals surface area contributed by atoms with Crippen LogP contribution in [0.15, 0.2) is 24.3 Å². The van der Waals surface area contributed by atoms with Gasteiger partial charge >= 0.3 is 0 Å². The van der Waals surface area contributed by atoms with E-state index in [1.807, 2.05) is 24.3 Å². The number of benzene rings is 1. The van der Waals surface area contributed by atoms with Crippen molar-refractivity contribution >= 4 is 0 Å². The first-order valence-corrected chi connectivity index (χ1v) is 4.76. The second-order valence-electron chi connectivity index (χ2n) is 2.94. The molecule has 0 radical (unpaired) electrons. The summed E-state index contributed by atoms with van der Waals surface area (Å²) in [4.78, 5) is 0. The van der Waals surface area contributed by atoms with Crippen LogP contribution in [0.25, 0.3) is 0 Å². The first-order chi connectivity index (χ1) is 6.28. The second-order valence-corrected chi connectivity index (χ2v) is 2.94. The minimum absolute atomic E-state index is 0.591. The Labute approximate surface area is 80.9 Å². The molecular formula is C11H20N2. The summed E-state index contributed by atoms with van der Waals surface area (Å²) in [7, 11) is 0. The molecule has 0 fully saturated rings. The molecule has 1 aromatic carbocycles. The lowest BCUT2D eigenvalue weighted by Crippen LogP contribution is -2.00. The zero-order valence-corrected chi connectivity index (χ0v) is 8.59. The van der Waals surface area contributed by atoms with Crippen LogP contribution in [0.4, 0.5) is 0 Å². The van der Waals surface area contributed by atoms with E-state index in [-0.39, 0.29) is 0 Å². The summed E-state index contributed by atoms with van der Waals surface area (Å²) >= 11 is 0. The molecule has 0 aliphatic rings. The molecule has 0 aliphatic heterocycles. The predicted octanol–water partition coefficient (Wildman–Crippen LogP) is 2.02. The first kappa shape index (κ1) is 12.1. The summed E-state index contributed by atoms with van der Waals surface area (Å²) in [6.45, 7) is 5.43. The molecule has 0 heterocycles. The van der Waals surface area contributed by atoms with Gasteiger partial charge in [0, 0.05) is 13.1 Å². The normalized spacial score (nSPS) is 8.92. The van der Waals surface area contributed by atoms with Crippen LogP contribution in [0.3, 0.4) is 0 Å². The maximum Gasteiger partial charge on any atom is 0.0178 e. The number of hydrogen-bond donors (Lipinski definition) is 2. The Bertz CT molecular complexity index is 202. The van der Waals surface area contributed by atoms with Crippen molar-refractivity contribution in [1.82, 2.24) is 0 Å². The molecule has 13 heavy (non-hydrogen) atoms. The van der Waals surface area contributed by atoms with Gasteiger partial charge in [-0.3, -0.25) is 0 Å². The molecule has 4 N–H and O–H groups in total. The van der Waals surface area contributed by atoms with Crippen LogP contribution >= 0.6 is 0 Å². The molecule has 2 nitrogen and oxygen atoms in total. The summed E-state index contributed by atoms with van der Waals surface area (Å²) < 4.78 is 0. The third-order valence-corrected chi connectivity index (χ3v) is 1.46. The lowest BCUT2D eigenvalue weighted by molar-refractivity contribution is 1.03. The van der Waals surface area contributed by atoms with Gasteiger partial charge in [-0.05, 0) is 11.1 Å². The van der Waals surface area contributed by atoms with Crippen molar-refractivity contribution < 1.29 is 0 Å². The van der Waals surface area contributed by atoms with E-state index in [1.54, 1.807) is 0 Å². The van der Waals surface area contributed by atoms with E-state index < -0.39 is 0 Å². The SMILES string of the molecule is CCC.NCc1cccc(CN)c1. The van der Waals surface area contributed by atoms with E-state index in [0.717, 1.165) is 11.1 Å². The monoisotopic (exact) mass is 180 g/mol. The van der Waals surface area contributed by atoms with E-state index in [2.05, 4.69) is 13.8 Å². The smallest absolute Gasteiger partial charge is 0.0178 e. The highest BCUT2D eigenvalue weighted by Gasteiger charge is 1.89. The Kier molecular flexibility index (Phi) is 7.26. The molecule has 0 spiro atoms. The van der Waals surface area contributed by atoms with Crippen molar-refractivity contribution in [2.75, 3.05) is 0 Å². The van der Waals surface area contributed by atoms with Gasteiger partial charge in [-0.2, -0.15) is 0 Å². The van der Waals surface area contributed by atoms with Crippen molar-refractivity contribution in [3.8, 4) is 0 Å².